The maximum atomic E-state index is 11.8. The van der Waals surface area contributed by atoms with Crippen LogP contribution in [0.25, 0.3) is 0 Å². The number of ether oxygens (including phenoxy) is 1. The molecule has 0 saturated carbocycles. The SMILES string of the molecule is CCn1cc([N+](=O)[O-])c(=O)n(CC2CO2)c1=O. The first-order chi connectivity index (χ1) is 8.04. The van der Waals surface area contributed by atoms with E-state index < -0.39 is 21.9 Å². The lowest BCUT2D eigenvalue weighted by Crippen LogP contribution is -2.41. The molecule has 0 radical (unpaired) electrons. The molecule has 1 aliphatic heterocycles. The molecule has 1 aromatic heterocycles. The Labute approximate surface area is 95.2 Å². The van der Waals surface area contributed by atoms with Crippen LogP contribution in [0.15, 0.2) is 15.8 Å². The van der Waals surface area contributed by atoms with Crippen molar-refractivity contribution in [3.63, 3.8) is 0 Å². The molecule has 92 valence electrons. The molecular formula is C9H11N3O5. The standard InChI is InChI=1S/C9H11N3O5/c1-2-10-4-7(12(15)16)8(13)11(9(10)14)3-6-5-17-6/h4,6H,2-3,5H2,1H3. The predicted octanol–water partition coefficient (Wildman–Crippen LogP) is -0.663. The molecule has 8 nitrogen and oxygen atoms in total. The van der Waals surface area contributed by atoms with Gasteiger partial charge in [-0.25, -0.2) is 4.79 Å². The summed E-state index contributed by atoms with van der Waals surface area (Å²) in [4.78, 5) is 33.4. The lowest BCUT2D eigenvalue weighted by molar-refractivity contribution is -0.387. The van der Waals surface area contributed by atoms with E-state index in [0.29, 0.717) is 6.61 Å². The average Bonchev–Trinajstić information content (AvgIpc) is 3.08. The number of nitro groups is 1. The van der Waals surface area contributed by atoms with Crippen LogP contribution in [0.2, 0.25) is 0 Å². The normalized spacial score (nSPS) is 18.1. The number of aryl methyl sites for hydroxylation is 1. The molecule has 2 rings (SSSR count). The molecule has 8 heteroatoms. The summed E-state index contributed by atoms with van der Waals surface area (Å²) in [6, 6.07) is 0. The van der Waals surface area contributed by atoms with Gasteiger partial charge in [0, 0.05) is 6.54 Å². The Hall–Kier alpha value is -1.96. The minimum Gasteiger partial charge on any atom is -0.371 e. The van der Waals surface area contributed by atoms with Crippen molar-refractivity contribution in [2.24, 2.45) is 0 Å². The van der Waals surface area contributed by atoms with Gasteiger partial charge >= 0.3 is 16.9 Å². The van der Waals surface area contributed by atoms with Gasteiger partial charge < -0.3 is 4.74 Å². The first-order valence-electron chi connectivity index (χ1n) is 5.15. The largest absolute Gasteiger partial charge is 0.371 e. The number of hydrogen-bond donors (Lipinski definition) is 0. The average molecular weight is 241 g/mol. The first kappa shape index (κ1) is 11.5. The van der Waals surface area contributed by atoms with Gasteiger partial charge in [-0.2, -0.15) is 0 Å². The number of aromatic nitrogens is 2. The van der Waals surface area contributed by atoms with Gasteiger partial charge in [0.1, 0.15) is 0 Å². The van der Waals surface area contributed by atoms with Crippen molar-refractivity contribution in [3.05, 3.63) is 37.1 Å². The highest BCUT2D eigenvalue weighted by molar-refractivity contribution is 5.21. The van der Waals surface area contributed by atoms with E-state index in [9.17, 15) is 19.7 Å². The summed E-state index contributed by atoms with van der Waals surface area (Å²) in [5.74, 6) is 0. The maximum Gasteiger partial charge on any atom is 0.350 e. The van der Waals surface area contributed by atoms with Gasteiger partial charge in [0.25, 0.3) is 0 Å². The topological polar surface area (TPSA) is 99.7 Å². The molecule has 0 amide bonds. The van der Waals surface area contributed by atoms with Crippen LogP contribution in [0.3, 0.4) is 0 Å². The Bertz CT molecular complexity index is 569. The summed E-state index contributed by atoms with van der Waals surface area (Å²) >= 11 is 0. The second-order valence-electron chi connectivity index (χ2n) is 3.71. The van der Waals surface area contributed by atoms with Gasteiger partial charge in [-0.1, -0.05) is 0 Å². The van der Waals surface area contributed by atoms with E-state index in [-0.39, 0.29) is 19.2 Å². The van der Waals surface area contributed by atoms with Crippen molar-refractivity contribution in [2.45, 2.75) is 26.1 Å². The van der Waals surface area contributed by atoms with Crippen LogP contribution in [0.1, 0.15) is 6.92 Å². The Morgan fingerprint density at radius 3 is 2.71 bits per heavy atom. The molecule has 1 aliphatic rings. The zero-order valence-electron chi connectivity index (χ0n) is 9.16. The summed E-state index contributed by atoms with van der Waals surface area (Å²) in [7, 11) is 0. The van der Waals surface area contributed by atoms with Crippen molar-refractivity contribution in [1.29, 1.82) is 0 Å². The van der Waals surface area contributed by atoms with Gasteiger partial charge in [-0.15, -0.1) is 0 Å². The summed E-state index contributed by atoms with van der Waals surface area (Å²) in [5, 5.41) is 10.7. The summed E-state index contributed by atoms with van der Waals surface area (Å²) < 4.78 is 6.92. The summed E-state index contributed by atoms with van der Waals surface area (Å²) in [5.41, 5.74) is -2.01. The molecule has 1 fully saturated rings. The van der Waals surface area contributed by atoms with Crippen LogP contribution in [0.5, 0.6) is 0 Å². The van der Waals surface area contributed by atoms with Crippen molar-refractivity contribution in [1.82, 2.24) is 9.13 Å². The highest BCUT2D eigenvalue weighted by Crippen LogP contribution is 2.10. The Morgan fingerprint density at radius 2 is 2.24 bits per heavy atom. The number of epoxide rings is 1. The number of hydrogen-bond acceptors (Lipinski definition) is 5. The predicted molar refractivity (Wildman–Crippen MR) is 57.0 cm³/mol. The van der Waals surface area contributed by atoms with Crippen LogP contribution in [0.4, 0.5) is 5.69 Å². The third kappa shape index (κ3) is 2.11. The minimum atomic E-state index is -0.875. The smallest absolute Gasteiger partial charge is 0.350 e. The Morgan fingerprint density at radius 1 is 1.59 bits per heavy atom. The molecule has 2 heterocycles. The highest BCUT2D eigenvalue weighted by atomic mass is 16.6. The molecule has 1 aromatic rings. The van der Waals surface area contributed by atoms with E-state index in [1.54, 1.807) is 6.92 Å². The van der Waals surface area contributed by atoms with Crippen LogP contribution in [0, 0.1) is 10.1 Å². The Balaban J connectivity index is 2.61. The van der Waals surface area contributed by atoms with Gasteiger partial charge in [0.2, 0.25) is 0 Å². The van der Waals surface area contributed by atoms with E-state index in [2.05, 4.69) is 0 Å². The van der Waals surface area contributed by atoms with E-state index in [4.69, 9.17) is 4.74 Å². The molecule has 0 spiro atoms. The van der Waals surface area contributed by atoms with Crippen molar-refractivity contribution in [2.75, 3.05) is 6.61 Å². The molecule has 0 N–H and O–H groups in total. The van der Waals surface area contributed by atoms with Crippen molar-refractivity contribution < 1.29 is 9.66 Å². The quantitative estimate of drug-likeness (QED) is 0.395. The zero-order valence-corrected chi connectivity index (χ0v) is 9.16. The fraction of sp³-hybridized carbons (Fsp3) is 0.556. The molecule has 1 atom stereocenters. The fourth-order valence-electron chi connectivity index (χ4n) is 1.53. The van der Waals surface area contributed by atoms with Gasteiger partial charge in [-0.3, -0.25) is 24.0 Å². The maximum absolute atomic E-state index is 11.8. The van der Waals surface area contributed by atoms with Gasteiger partial charge in [0.05, 0.1) is 30.4 Å². The molecule has 1 unspecified atom stereocenters. The van der Waals surface area contributed by atoms with Gasteiger partial charge in [0.15, 0.2) is 0 Å². The monoisotopic (exact) mass is 241 g/mol. The van der Waals surface area contributed by atoms with Gasteiger partial charge in [-0.05, 0) is 6.92 Å². The molecule has 1 saturated heterocycles. The third-order valence-electron chi connectivity index (χ3n) is 2.54. The Kier molecular flexibility index (Phi) is 2.80. The van der Waals surface area contributed by atoms with Crippen LogP contribution in [-0.4, -0.2) is 26.8 Å². The third-order valence-corrected chi connectivity index (χ3v) is 2.54. The number of rotatable bonds is 4. The second-order valence-corrected chi connectivity index (χ2v) is 3.71. The van der Waals surface area contributed by atoms with E-state index in [1.165, 1.54) is 0 Å². The second kappa shape index (κ2) is 4.13. The van der Waals surface area contributed by atoms with Crippen molar-refractivity contribution >= 4 is 5.69 Å². The molecule has 17 heavy (non-hydrogen) atoms. The highest BCUT2D eigenvalue weighted by Gasteiger charge is 2.27. The van der Waals surface area contributed by atoms with E-state index in [1.807, 2.05) is 0 Å². The fourth-order valence-corrected chi connectivity index (χ4v) is 1.53. The molecule has 0 aliphatic carbocycles. The minimum absolute atomic E-state index is 0.0688. The summed E-state index contributed by atoms with van der Waals surface area (Å²) in [6.45, 7) is 2.49. The van der Waals surface area contributed by atoms with E-state index >= 15 is 0 Å². The number of nitrogens with zero attached hydrogens (tertiary/aromatic N) is 3. The van der Waals surface area contributed by atoms with Crippen LogP contribution >= 0.6 is 0 Å². The molecule has 0 bridgehead atoms. The molecular weight excluding hydrogens is 230 g/mol. The lowest BCUT2D eigenvalue weighted by Gasteiger charge is -2.06. The van der Waals surface area contributed by atoms with Crippen molar-refractivity contribution in [3.8, 4) is 0 Å². The first-order valence-corrected chi connectivity index (χ1v) is 5.15. The summed E-state index contributed by atoms with van der Waals surface area (Å²) in [6.07, 6.45) is 0.794. The van der Waals surface area contributed by atoms with Crippen LogP contribution < -0.4 is 11.2 Å². The molecule has 0 aromatic carbocycles. The van der Waals surface area contributed by atoms with Crippen LogP contribution in [-0.2, 0) is 17.8 Å². The lowest BCUT2D eigenvalue weighted by atomic mass is 10.4. The zero-order chi connectivity index (χ0) is 12.6. The van der Waals surface area contributed by atoms with E-state index in [0.717, 1.165) is 15.3 Å².